The van der Waals surface area contributed by atoms with E-state index in [0.717, 1.165) is 37.7 Å². The lowest BCUT2D eigenvalue weighted by Gasteiger charge is -2.69. The lowest BCUT2D eigenvalue weighted by molar-refractivity contribution is -0.235. The fourth-order valence-electron chi connectivity index (χ4n) is 10.3. The van der Waals surface area contributed by atoms with Crippen molar-refractivity contribution < 1.29 is 33.7 Å². The van der Waals surface area contributed by atoms with E-state index in [0.29, 0.717) is 30.8 Å². The predicted molar refractivity (Wildman–Crippen MR) is 178 cm³/mol. The molecule has 0 aromatic heterocycles. The molecule has 0 heterocycles. The van der Waals surface area contributed by atoms with Gasteiger partial charge in [-0.2, -0.15) is 0 Å². The van der Waals surface area contributed by atoms with Crippen LogP contribution in [-0.4, -0.2) is 46.8 Å². The molecule has 4 fully saturated rings. The van der Waals surface area contributed by atoms with Crippen LogP contribution in [0.1, 0.15) is 121 Å². The van der Waals surface area contributed by atoms with Gasteiger partial charge in [0.05, 0.1) is 11.5 Å². The quantitative estimate of drug-likeness (QED) is 0.0947. The molecule has 45 heavy (non-hydrogen) atoms. The zero-order chi connectivity index (χ0) is 33.7. The third-order valence-electron chi connectivity index (χ3n) is 12.5. The Morgan fingerprint density at radius 3 is 2.29 bits per heavy atom. The van der Waals surface area contributed by atoms with E-state index in [1.807, 2.05) is 13.8 Å². The van der Waals surface area contributed by atoms with E-state index in [1.165, 1.54) is 12.5 Å². The second-order valence-corrected chi connectivity index (χ2v) is 17.6. The molecule has 0 bridgehead atoms. The number of carbonyl (C=O) groups excluding carboxylic acids is 3. The molecule has 8 heteroatoms. The Labute approximate surface area is 279 Å². The van der Waals surface area contributed by atoms with Crippen molar-refractivity contribution >= 4 is 33.8 Å². The van der Waals surface area contributed by atoms with Gasteiger partial charge < -0.3 is 19.3 Å². The van der Waals surface area contributed by atoms with E-state index in [4.69, 9.17) is 14.2 Å². The van der Waals surface area contributed by atoms with Crippen molar-refractivity contribution in [2.75, 3.05) is 6.79 Å². The summed E-state index contributed by atoms with van der Waals surface area (Å²) in [7, 11) is 0. The molecule has 0 amide bonds. The Morgan fingerprint density at radius 2 is 1.69 bits per heavy atom. The zero-order valence-electron chi connectivity index (χ0n) is 29.3. The summed E-state index contributed by atoms with van der Waals surface area (Å²) in [5, 5.41) is 12.2. The maximum atomic E-state index is 13.8. The molecule has 0 aromatic rings. The van der Waals surface area contributed by atoms with E-state index >= 15 is 0 Å². The summed E-state index contributed by atoms with van der Waals surface area (Å²) in [6, 6.07) is 0. The summed E-state index contributed by atoms with van der Waals surface area (Å²) in [5.41, 5.74) is 1.80. The van der Waals surface area contributed by atoms with Gasteiger partial charge in [0.15, 0.2) is 0 Å². The van der Waals surface area contributed by atoms with Gasteiger partial charge in [-0.25, -0.2) is 4.79 Å². The van der Waals surface area contributed by atoms with Crippen molar-refractivity contribution in [2.24, 2.45) is 45.3 Å². The van der Waals surface area contributed by atoms with Gasteiger partial charge in [0.2, 0.25) is 6.79 Å². The van der Waals surface area contributed by atoms with Crippen molar-refractivity contribution in [3.05, 3.63) is 22.8 Å². The third kappa shape index (κ3) is 6.58. The Balaban J connectivity index is 1.68. The highest BCUT2D eigenvalue weighted by molar-refractivity contribution is 9.09. The Hall–Kier alpha value is -1.67. The van der Waals surface area contributed by atoms with Crippen LogP contribution in [-0.2, 0) is 28.6 Å². The number of ether oxygens (including phenoxy) is 3. The number of alkyl halides is 1. The van der Waals surface area contributed by atoms with E-state index in [2.05, 4.69) is 49.7 Å². The molecular weight excluding hydrogens is 636 g/mol. The molecule has 0 saturated heterocycles. The number of aliphatic hydroxyl groups is 1. The summed E-state index contributed by atoms with van der Waals surface area (Å²) in [6.07, 6.45) is 7.97. The average Bonchev–Trinajstić information content (AvgIpc) is 3.17. The molecule has 1 N–H and O–H groups in total. The first kappa shape index (κ1) is 36.2. The van der Waals surface area contributed by atoms with Crippen LogP contribution < -0.4 is 0 Å². The van der Waals surface area contributed by atoms with Gasteiger partial charge in [-0.05, 0) is 131 Å². The lowest BCUT2D eigenvalue weighted by Crippen LogP contribution is -2.65. The number of fused-ring (bicyclic) bond motifs is 5. The second-order valence-electron chi connectivity index (χ2n) is 16.5. The number of carbonyl (C=O) groups is 3. The van der Waals surface area contributed by atoms with Crippen molar-refractivity contribution in [2.45, 2.75) is 138 Å². The molecular formula is C37H57BrO7. The molecule has 4 aliphatic carbocycles. The first-order chi connectivity index (χ1) is 20.8. The number of esters is 3. The van der Waals surface area contributed by atoms with Crippen LogP contribution in [0.5, 0.6) is 0 Å². The Bertz CT molecular complexity index is 1230. The first-order valence-electron chi connectivity index (χ1n) is 17.0. The highest BCUT2D eigenvalue weighted by Crippen LogP contribution is 2.74. The molecule has 0 radical (unpaired) electrons. The second kappa shape index (κ2) is 13.1. The fourth-order valence-corrected chi connectivity index (χ4v) is 11.5. The smallest absolute Gasteiger partial charge is 0.336 e. The van der Waals surface area contributed by atoms with Gasteiger partial charge in [-0.3, -0.25) is 9.59 Å². The summed E-state index contributed by atoms with van der Waals surface area (Å²) < 4.78 is 16.7. The van der Waals surface area contributed by atoms with Gasteiger partial charge in [0.25, 0.3) is 0 Å². The minimum atomic E-state index is -0.692. The Kier molecular flexibility index (Phi) is 10.5. The molecule has 4 saturated carbocycles. The average molecular weight is 694 g/mol. The largest absolute Gasteiger partial charge is 0.462 e. The molecule has 4 aliphatic rings. The fraction of sp³-hybridized carbons (Fsp3) is 0.811. The molecule has 0 aliphatic heterocycles. The third-order valence-corrected chi connectivity index (χ3v) is 13.3. The van der Waals surface area contributed by atoms with Gasteiger partial charge in [0.1, 0.15) is 6.10 Å². The summed E-state index contributed by atoms with van der Waals surface area (Å²) >= 11 is 4.02. The van der Waals surface area contributed by atoms with Crippen LogP contribution in [0.25, 0.3) is 0 Å². The van der Waals surface area contributed by atoms with Gasteiger partial charge in [0, 0.05) is 17.3 Å². The zero-order valence-corrected chi connectivity index (χ0v) is 30.8. The maximum absolute atomic E-state index is 13.8. The molecule has 0 aromatic carbocycles. The minimum absolute atomic E-state index is 0.0134. The lowest BCUT2D eigenvalue weighted by atomic mass is 9.36. The number of allylic oxidation sites excluding steroid dienone is 3. The van der Waals surface area contributed by atoms with Gasteiger partial charge in [-0.1, -0.05) is 55.3 Å². The normalized spacial score (nSPS) is 40.3. The molecule has 0 spiro atoms. The van der Waals surface area contributed by atoms with Crippen LogP contribution in [0, 0.1) is 45.3 Å². The SMILES string of the molecule is CC(=O)O[C@@H]1CC[C@@]2(C)C(CC[C@@]3(C)C2[C@H](O)CC2C(=C(CCC=C(C)C)C(=O)OCOC(=O)C(C)(C)C)[C@H](Br)C[C@@]23C)[C@@H]1C. The number of rotatable bonds is 7. The van der Waals surface area contributed by atoms with Gasteiger partial charge >= 0.3 is 17.9 Å². The predicted octanol–water partition coefficient (Wildman–Crippen LogP) is 8.07. The molecule has 3 unspecified atom stereocenters. The van der Waals surface area contributed by atoms with Crippen molar-refractivity contribution in [1.82, 2.24) is 0 Å². The van der Waals surface area contributed by atoms with E-state index < -0.39 is 30.3 Å². The first-order valence-corrected chi connectivity index (χ1v) is 17.9. The van der Waals surface area contributed by atoms with Gasteiger partial charge in [-0.15, -0.1) is 0 Å². The van der Waals surface area contributed by atoms with E-state index in [1.54, 1.807) is 20.8 Å². The monoisotopic (exact) mass is 692 g/mol. The molecule has 7 nitrogen and oxygen atoms in total. The summed E-state index contributed by atoms with van der Waals surface area (Å²) in [6.45, 7) is 19.9. The Morgan fingerprint density at radius 1 is 1.02 bits per heavy atom. The highest BCUT2D eigenvalue weighted by atomic mass is 79.9. The van der Waals surface area contributed by atoms with E-state index in [9.17, 15) is 19.5 Å². The number of aliphatic hydroxyl groups excluding tert-OH is 1. The van der Waals surface area contributed by atoms with Crippen molar-refractivity contribution in [1.29, 1.82) is 0 Å². The molecule has 10 atom stereocenters. The number of hydrogen-bond donors (Lipinski definition) is 1. The highest BCUT2D eigenvalue weighted by Gasteiger charge is 2.70. The summed E-state index contributed by atoms with van der Waals surface area (Å²) in [4.78, 5) is 37.9. The van der Waals surface area contributed by atoms with Crippen LogP contribution in [0.2, 0.25) is 0 Å². The molecule has 254 valence electrons. The van der Waals surface area contributed by atoms with Crippen LogP contribution in [0.4, 0.5) is 0 Å². The van der Waals surface area contributed by atoms with Crippen molar-refractivity contribution in [3.63, 3.8) is 0 Å². The van der Waals surface area contributed by atoms with Crippen LogP contribution in [0.15, 0.2) is 22.8 Å². The number of halogens is 1. The van der Waals surface area contributed by atoms with Crippen LogP contribution >= 0.6 is 15.9 Å². The minimum Gasteiger partial charge on any atom is -0.462 e. The number of hydrogen-bond acceptors (Lipinski definition) is 7. The topological polar surface area (TPSA) is 99.1 Å². The van der Waals surface area contributed by atoms with Crippen LogP contribution in [0.3, 0.4) is 0 Å². The summed E-state index contributed by atoms with van der Waals surface area (Å²) in [5.74, 6) is -0.369. The molecule has 4 rings (SSSR count). The van der Waals surface area contributed by atoms with Crippen molar-refractivity contribution in [3.8, 4) is 0 Å². The maximum Gasteiger partial charge on any atom is 0.336 e. The van der Waals surface area contributed by atoms with E-state index in [-0.39, 0.29) is 50.9 Å². The standard InChI is InChI=1S/C37H57BrO7/c1-21(2)12-11-13-24(32(41)43-20-44-33(42)34(5,6)7)30-26-18-28(40)31-35(8)16-15-29(45-23(4)39)22(3)25(35)14-17-36(31,9)37(26,10)19-27(30)38/h12,22,25-29,31,40H,11,13-20H2,1-10H3/t22-,25?,26?,27+,28+,29+,31?,35-,36-,37-/m0/s1.